The lowest BCUT2D eigenvalue weighted by Crippen LogP contribution is -2.41. The molecule has 1 heterocycles. The minimum atomic E-state index is -4.70. The topological polar surface area (TPSA) is 121 Å². The van der Waals surface area contributed by atoms with E-state index < -0.39 is 46.3 Å². The van der Waals surface area contributed by atoms with Gasteiger partial charge < -0.3 is 15.4 Å². The van der Waals surface area contributed by atoms with Crippen molar-refractivity contribution >= 4 is 40.8 Å². The molecule has 0 radical (unpaired) electrons. The fourth-order valence-corrected chi connectivity index (χ4v) is 3.74. The number of amides is 4. The maximum absolute atomic E-state index is 13.0. The number of hydrazine groups is 1. The normalized spacial score (nSPS) is 11.3. The predicted octanol–water partition coefficient (Wildman–Crippen LogP) is 7.28. The van der Waals surface area contributed by atoms with Gasteiger partial charge in [-0.05, 0) is 72.8 Å². The molecule has 0 spiro atoms. The first-order valence-electron chi connectivity index (χ1n) is 12.2. The third-order valence-electron chi connectivity index (χ3n) is 5.61. The zero-order valence-electron chi connectivity index (χ0n) is 21.8. The van der Waals surface area contributed by atoms with Gasteiger partial charge in [-0.1, -0.05) is 11.6 Å². The van der Waals surface area contributed by atoms with Crippen molar-refractivity contribution in [2.75, 3.05) is 10.6 Å². The number of carbonyl (C=O) groups excluding carboxylic acids is 3. The van der Waals surface area contributed by atoms with Crippen LogP contribution in [0.25, 0.3) is 0 Å². The summed E-state index contributed by atoms with van der Waals surface area (Å²) in [6, 6.07) is 14.0. The summed E-state index contributed by atoms with van der Waals surface area (Å²) >= 11 is 5.58. The highest BCUT2D eigenvalue weighted by Gasteiger charge is 2.33. The molecule has 0 fully saturated rings. The Morgan fingerprint density at radius 2 is 1.30 bits per heavy atom. The number of aromatic nitrogens is 1. The molecule has 0 aliphatic rings. The van der Waals surface area contributed by atoms with E-state index in [1.165, 1.54) is 48.7 Å². The largest absolute Gasteiger partial charge is 0.457 e. The van der Waals surface area contributed by atoms with Crippen LogP contribution in [-0.2, 0) is 12.4 Å². The van der Waals surface area contributed by atoms with Crippen LogP contribution in [0.4, 0.5) is 42.5 Å². The number of ether oxygens (including phenoxy) is 1. The molecule has 0 bridgehead atoms. The minimum absolute atomic E-state index is 0.126. The number of rotatable bonds is 6. The van der Waals surface area contributed by atoms with Crippen LogP contribution in [-0.4, -0.2) is 22.8 Å². The summed E-state index contributed by atoms with van der Waals surface area (Å²) in [7, 11) is 0. The first-order valence-corrected chi connectivity index (χ1v) is 12.5. The average Bonchev–Trinajstić information content (AvgIpc) is 2.97. The van der Waals surface area contributed by atoms with Gasteiger partial charge in [0.1, 0.15) is 17.2 Å². The lowest BCUT2D eigenvalue weighted by Gasteiger charge is -2.13. The van der Waals surface area contributed by atoms with Crippen molar-refractivity contribution in [2.45, 2.75) is 12.4 Å². The molecule has 44 heavy (non-hydrogen) atoms. The standard InChI is InChI=1S/C28H18ClF6N5O4/c29-22-10-7-18(13-21(22)28(33,34)35)38-26(43)37-17-5-8-19(9-6-17)44-20-11-12-36-23(14-20)25(42)40-39-24(41)15-1-3-16(4-2-15)27(30,31)32/h1-14H,(H,39,41)(H,40,42)(H2,37,38,43). The number of pyridine rings is 1. The molecule has 4 aromatic rings. The van der Waals surface area contributed by atoms with Crippen LogP contribution in [0.5, 0.6) is 11.5 Å². The molecule has 4 amide bonds. The van der Waals surface area contributed by atoms with Crippen molar-refractivity contribution in [3.63, 3.8) is 0 Å². The smallest absolute Gasteiger partial charge is 0.417 e. The fourth-order valence-electron chi connectivity index (χ4n) is 3.52. The Morgan fingerprint density at radius 1 is 0.682 bits per heavy atom. The minimum Gasteiger partial charge on any atom is -0.457 e. The van der Waals surface area contributed by atoms with Crippen LogP contribution in [0.3, 0.4) is 0 Å². The molecule has 0 saturated heterocycles. The zero-order valence-corrected chi connectivity index (χ0v) is 22.6. The van der Waals surface area contributed by atoms with E-state index in [0.29, 0.717) is 6.07 Å². The molecule has 0 aliphatic carbocycles. The summed E-state index contributed by atoms with van der Waals surface area (Å²) in [5.41, 5.74) is 2.00. The molecule has 3 aromatic carbocycles. The van der Waals surface area contributed by atoms with E-state index >= 15 is 0 Å². The monoisotopic (exact) mass is 637 g/mol. The number of hydrogen-bond acceptors (Lipinski definition) is 5. The Morgan fingerprint density at radius 3 is 1.93 bits per heavy atom. The van der Waals surface area contributed by atoms with Crippen LogP contribution in [0.15, 0.2) is 85.1 Å². The van der Waals surface area contributed by atoms with Crippen molar-refractivity contribution in [3.05, 3.63) is 112 Å². The molecule has 16 heteroatoms. The Kier molecular flexibility index (Phi) is 9.28. The molecular formula is C28H18ClF6N5O4. The third-order valence-corrected chi connectivity index (χ3v) is 5.94. The van der Waals surface area contributed by atoms with Gasteiger partial charge in [0, 0.05) is 29.2 Å². The highest BCUT2D eigenvalue weighted by atomic mass is 35.5. The predicted molar refractivity (Wildman–Crippen MR) is 146 cm³/mol. The van der Waals surface area contributed by atoms with Gasteiger partial charge in [0.25, 0.3) is 11.8 Å². The van der Waals surface area contributed by atoms with Gasteiger partial charge in [0.15, 0.2) is 0 Å². The number of nitrogens with zero attached hydrogens (tertiary/aromatic N) is 1. The summed E-state index contributed by atoms with van der Waals surface area (Å²) in [4.78, 5) is 40.7. The van der Waals surface area contributed by atoms with Crippen molar-refractivity contribution in [2.24, 2.45) is 0 Å². The van der Waals surface area contributed by atoms with Crippen LogP contribution < -0.4 is 26.2 Å². The van der Waals surface area contributed by atoms with Crippen LogP contribution >= 0.6 is 11.6 Å². The molecule has 4 rings (SSSR count). The van der Waals surface area contributed by atoms with Gasteiger partial charge in [-0.2, -0.15) is 26.3 Å². The first-order chi connectivity index (χ1) is 20.7. The second kappa shape index (κ2) is 12.9. The number of nitrogens with one attached hydrogen (secondary N) is 4. The number of anilines is 2. The number of urea groups is 1. The van der Waals surface area contributed by atoms with E-state index in [2.05, 4.69) is 26.5 Å². The van der Waals surface area contributed by atoms with Crippen LogP contribution in [0, 0.1) is 0 Å². The average molecular weight is 638 g/mol. The molecule has 9 nitrogen and oxygen atoms in total. The first kappa shape index (κ1) is 31.6. The number of benzene rings is 3. The van der Waals surface area contributed by atoms with Gasteiger partial charge in [-0.15, -0.1) is 0 Å². The van der Waals surface area contributed by atoms with Crippen LogP contribution in [0.1, 0.15) is 32.0 Å². The van der Waals surface area contributed by atoms with Gasteiger partial charge in [-0.25, -0.2) is 4.79 Å². The molecule has 0 unspecified atom stereocenters. The Balaban J connectivity index is 1.30. The van der Waals surface area contributed by atoms with Gasteiger partial charge in [-0.3, -0.25) is 25.4 Å². The molecule has 1 aromatic heterocycles. The molecule has 0 saturated carbocycles. The summed E-state index contributed by atoms with van der Waals surface area (Å²) in [6.07, 6.45) is -8.01. The highest BCUT2D eigenvalue weighted by molar-refractivity contribution is 6.31. The molecule has 0 aliphatic heterocycles. The molecule has 228 valence electrons. The quantitative estimate of drug-likeness (QED) is 0.131. The maximum atomic E-state index is 13.0. The van der Waals surface area contributed by atoms with Gasteiger partial charge in [0.05, 0.1) is 16.1 Å². The second-order valence-electron chi connectivity index (χ2n) is 8.76. The Hall–Kier alpha value is -5.31. The van der Waals surface area contributed by atoms with E-state index in [-0.39, 0.29) is 34.1 Å². The molecular weight excluding hydrogens is 620 g/mol. The number of halogens is 7. The lowest BCUT2D eigenvalue weighted by atomic mass is 10.1. The highest BCUT2D eigenvalue weighted by Crippen LogP contribution is 2.36. The SMILES string of the molecule is O=C(Nc1ccc(Oc2ccnc(C(=O)NNC(=O)c3ccc(C(F)(F)F)cc3)c2)cc1)Nc1ccc(Cl)c(C(F)(F)F)c1. The zero-order chi connectivity index (χ0) is 32.1. The third kappa shape index (κ3) is 8.38. The summed E-state index contributed by atoms with van der Waals surface area (Å²) < 4.78 is 82.9. The number of hydrogen-bond donors (Lipinski definition) is 4. The van der Waals surface area contributed by atoms with E-state index in [9.17, 15) is 40.7 Å². The van der Waals surface area contributed by atoms with Crippen molar-refractivity contribution in [1.82, 2.24) is 15.8 Å². The van der Waals surface area contributed by atoms with E-state index in [1.807, 2.05) is 0 Å². The van der Waals surface area contributed by atoms with Crippen LogP contribution in [0.2, 0.25) is 5.02 Å². The van der Waals surface area contributed by atoms with Crippen molar-refractivity contribution in [1.29, 1.82) is 0 Å². The van der Waals surface area contributed by atoms with Gasteiger partial charge in [0.2, 0.25) is 0 Å². The number of carbonyl (C=O) groups is 3. The van der Waals surface area contributed by atoms with E-state index in [0.717, 1.165) is 30.3 Å². The summed E-state index contributed by atoms with van der Waals surface area (Å²) in [5.74, 6) is -1.26. The maximum Gasteiger partial charge on any atom is 0.417 e. The lowest BCUT2D eigenvalue weighted by molar-refractivity contribution is -0.138. The number of alkyl halides is 6. The van der Waals surface area contributed by atoms with Crippen molar-refractivity contribution < 1.29 is 45.5 Å². The molecule has 0 atom stereocenters. The Labute approximate surface area is 249 Å². The van der Waals surface area contributed by atoms with E-state index in [4.69, 9.17) is 16.3 Å². The van der Waals surface area contributed by atoms with Crippen molar-refractivity contribution in [3.8, 4) is 11.5 Å². The second-order valence-corrected chi connectivity index (χ2v) is 9.17. The van der Waals surface area contributed by atoms with Gasteiger partial charge >= 0.3 is 18.4 Å². The Bertz CT molecular complexity index is 1680. The fraction of sp³-hybridized carbons (Fsp3) is 0.0714. The van der Waals surface area contributed by atoms with E-state index in [1.54, 1.807) is 0 Å². The summed E-state index contributed by atoms with van der Waals surface area (Å²) in [6.45, 7) is 0. The summed E-state index contributed by atoms with van der Waals surface area (Å²) in [5, 5.41) is 4.23. The molecule has 4 N–H and O–H groups in total.